The number of halogens is 3. The summed E-state index contributed by atoms with van der Waals surface area (Å²) in [5.74, 6) is -5.83. The lowest BCUT2D eigenvalue weighted by molar-refractivity contribution is -0.539. The van der Waals surface area contributed by atoms with Crippen LogP contribution in [0.4, 0.5) is 14.5 Å². The largest absolute Gasteiger partial charge is 0.343 e. The number of quaternary nitrogens is 1. The van der Waals surface area contributed by atoms with Gasteiger partial charge in [-0.1, -0.05) is 22.8 Å². The second-order valence-electron chi connectivity index (χ2n) is 8.78. The highest BCUT2D eigenvalue weighted by Gasteiger charge is 2.49. The molecule has 1 fully saturated rings. The third-order valence-electron chi connectivity index (χ3n) is 6.20. The molecule has 0 bridgehead atoms. The molecule has 1 aromatic heterocycles. The normalized spacial score (nSPS) is 16.9. The molecule has 1 atom stereocenters. The summed E-state index contributed by atoms with van der Waals surface area (Å²) in [5.41, 5.74) is 2.80. The zero-order valence-corrected chi connectivity index (χ0v) is 21.0. The molecule has 0 aliphatic carbocycles. The Balaban J connectivity index is 1.41. The van der Waals surface area contributed by atoms with Crippen molar-refractivity contribution in [1.82, 2.24) is 20.4 Å². The number of benzene rings is 2. The molecule has 0 radical (unpaired) electrons. The van der Waals surface area contributed by atoms with Crippen molar-refractivity contribution in [1.29, 1.82) is 5.41 Å². The van der Waals surface area contributed by atoms with Crippen molar-refractivity contribution in [2.75, 3.05) is 26.7 Å². The summed E-state index contributed by atoms with van der Waals surface area (Å²) in [6, 6.07) is 11.4. The summed E-state index contributed by atoms with van der Waals surface area (Å²) in [5, 5.41) is 16.4. The van der Waals surface area contributed by atoms with Crippen molar-refractivity contribution < 1.29 is 28.2 Å². The van der Waals surface area contributed by atoms with Gasteiger partial charge in [0.15, 0.2) is 0 Å². The Bertz CT molecular complexity index is 1350. The molecule has 2 aromatic carbocycles. The summed E-state index contributed by atoms with van der Waals surface area (Å²) in [4.78, 5) is 30.0. The molecule has 4 N–H and O–H groups in total. The first kappa shape index (κ1) is 26.4. The second-order valence-corrected chi connectivity index (χ2v) is 9.22. The quantitative estimate of drug-likeness (QED) is 0.319. The van der Waals surface area contributed by atoms with E-state index < -0.39 is 36.7 Å². The number of nitrogens with zero attached hydrogens (tertiary/aromatic N) is 3. The lowest BCUT2D eigenvalue weighted by atomic mass is 9.92. The van der Waals surface area contributed by atoms with Gasteiger partial charge < -0.3 is 25.5 Å². The minimum absolute atomic E-state index is 0.0477. The van der Waals surface area contributed by atoms with Crippen molar-refractivity contribution in [3.8, 4) is 11.4 Å². The number of rotatable bonds is 7. The molecule has 3 aromatic rings. The molecule has 1 aliphatic rings. The van der Waals surface area contributed by atoms with E-state index in [-0.39, 0.29) is 30.2 Å². The number of piperidine rings is 1. The first-order valence-corrected chi connectivity index (χ1v) is 12.0. The Morgan fingerprint density at radius 3 is 2.76 bits per heavy atom. The van der Waals surface area contributed by atoms with Crippen LogP contribution in [-0.4, -0.2) is 65.2 Å². The fourth-order valence-corrected chi connectivity index (χ4v) is 4.42. The van der Waals surface area contributed by atoms with E-state index in [1.54, 1.807) is 37.3 Å². The van der Waals surface area contributed by atoms with Crippen LogP contribution in [-0.2, 0) is 4.79 Å². The van der Waals surface area contributed by atoms with Gasteiger partial charge in [0, 0.05) is 34.5 Å². The van der Waals surface area contributed by atoms with E-state index in [1.165, 1.54) is 12.1 Å². The minimum Gasteiger partial charge on any atom is -0.343 e. The van der Waals surface area contributed by atoms with Gasteiger partial charge in [0.1, 0.15) is 11.6 Å². The first-order valence-electron chi connectivity index (χ1n) is 11.6. The molecule has 0 saturated carbocycles. The maximum absolute atomic E-state index is 15.1. The Hall–Kier alpha value is -3.70. The zero-order chi connectivity index (χ0) is 26.7. The molecular formula is C25H26ClF2N6O3+. The monoisotopic (exact) mass is 531 g/mol. The highest BCUT2D eigenvalue weighted by atomic mass is 35.5. The Morgan fingerprint density at radius 2 is 2.08 bits per heavy atom. The number of nitrogens with two attached hydrogens (primary N) is 1. The van der Waals surface area contributed by atoms with Crippen LogP contribution in [0.2, 0.25) is 5.02 Å². The van der Waals surface area contributed by atoms with Gasteiger partial charge >= 0.3 is 0 Å². The second kappa shape index (κ2) is 10.7. The Morgan fingerprint density at radius 1 is 1.30 bits per heavy atom. The summed E-state index contributed by atoms with van der Waals surface area (Å²) in [6.07, 6.45) is -0.0808. The van der Waals surface area contributed by atoms with Crippen LogP contribution >= 0.6 is 11.6 Å². The van der Waals surface area contributed by atoms with Crippen molar-refractivity contribution in [2.45, 2.75) is 25.2 Å². The lowest BCUT2D eigenvalue weighted by Gasteiger charge is -2.36. The van der Waals surface area contributed by atoms with Gasteiger partial charge in [-0.25, -0.2) is 8.78 Å². The SMILES string of the molecule is C[NH2+]c1cc(-c2noc(C3CCN(C(=O)CNC(=O)c4cccc(Cl)c4)CC3(F)F)n2)ccc1C(C)=N. The van der Waals surface area contributed by atoms with Gasteiger partial charge in [0.05, 0.1) is 25.7 Å². The third kappa shape index (κ3) is 5.83. The van der Waals surface area contributed by atoms with E-state index in [0.29, 0.717) is 16.3 Å². The molecule has 1 aliphatic heterocycles. The molecule has 2 amide bonds. The fraction of sp³-hybridized carbons (Fsp3) is 0.320. The predicted octanol–water partition coefficient (Wildman–Crippen LogP) is 2.98. The number of nitrogens with one attached hydrogen (secondary N) is 2. The zero-order valence-electron chi connectivity index (χ0n) is 20.2. The summed E-state index contributed by atoms with van der Waals surface area (Å²) >= 11 is 5.87. The molecule has 12 heteroatoms. The fourth-order valence-electron chi connectivity index (χ4n) is 4.23. The van der Waals surface area contributed by atoms with E-state index >= 15 is 8.78 Å². The number of hydrogen-bond acceptors (Lipinski definition) is 6. The van der Waals surface area contributed by atoms with Crippen molar-refractivity contribution in [3.63, 3.8) is 0 Å². The minimum atomic E-state index is -3.31. The van der Waals surface area contributed by atoms with E-state index in [2.05, 4.69) is 15.5 Å². The molecule has 1 unspecified atom stereocenters. The maximum Gasteiger partial charge on any atom is 0.276 e. The van der Waals surface area contributed by atoms with Gasteiger partial charge in [0.25, 0.3) is 11.8 Å². The number of carbonyl (C=O) groups excluding carboxylic acids is 2. The van der Waals surface area contributed by atoms with E-state index in [9.17, 15) is 9.59 Å². The molecule has 9 nitrogen and oxygen atoms in total. The number of amides is 2. The summed E-state index contributed by atoms with van der Waals surface area (Å²) in [6.45, 7) is 0.481. The average Bonchev–Trinajstić information content (AvgIpc) is 3.35. The number of alkyl halides is 2. The van der Waals surface area contributed by atoms with Crippen LogP contribution in [0.5, 0.6) is 0 Å². The third-order valence-corrected chi connectivity index (χ3v) is 6.44. The van der Waals surface area contributed by atoms with E-state index in [1.807, 2.05) is 12.4 Å². The average molecular weight is 532 g/mol. The molecule has 4 rings (SSSR count). The summed E-state index contributed by atoms with van der Waals surface area (Å²) < 4.78 is 35.4. The van der Waals surface area contributed by atoms with Gasteiger partial charge in [-0.3, -0.25) is 9.59 Å². The standard InChI is InChI=1S/C25H25ClF2N6O3/c1-14(29)18-7-6-15(11-20(18)30-2)22-32-24(37-33-22)19-8-9-34(13-25(19,27)28)21(35)12-31-23(36)16-4-3-5-17(26)10-16/h3-7,10-11,19,29-30H,8-9,12-13H2,1-2H3,(H,31,36)/p+1. The highest BCUT2D eigenvalue weighted by molar-refractivity contribution is 6.31. The first-order chi connectivity index (χ1) is 17.6. The molecule has 37 heavy (non-hydrogen) atoms. The van der Waals surface area contributed by atoms with Gasteiger partial charge in [-0.05, 0) is 43.7 Å². The predicted molar refractivity (Wildman–Crippen MR) is 132 cm³/mol. The molecule has 2 heterocycles. The van der Waals surface area contributed by atoms with E-state index in [4.69, 9.17) is 21.5 Å². The van der Waals surface area contributed by atoms with Gasteiger partial charge in [0.2, 0.25) is 17.6 Å². The number of carbonyl (C=O) groups is 2. The van der Waals surface area contributed by atoms with Crippen LogP contribution in [0.3, 0.4) is 0 Å². The lowest BCUT2D eigenvalue weighted by Crippen LogP contribution is -2.73. The van der Waals surface area contributed by atoms with Crippen LogP contribution in [0.25, 0.3) is 11.4 Å². The Kier molecular flexibility index (Phi) is 7.65. The van der Waals surface area contributed by atoms with Crippen molar-refractivity contribution in [2.24, 2.45) is 0 Å². The van der Waals surface area contributed by atoms with E-state index in [0.717, 1.165) is 16.2 Å². The van der Waals surface area contributed by atoms with Crippen LogP contribution in [0.15, 0.2) is 47.0 Å². The van der Waals surface area contributed by atoms with Crippen molar-refractivity contribution >= 4 is 34.8 Å². The highest BCUT2D eigenvalue weighted by Crippen LogP contribution is 2.40. The van der Waals surface area contributed by atoms with Crippen LogP contribution in [0.1, 0.15) is 41.1 Å². The maximum atomic E-state index is 15.1. The smallest absolute Gasteiger partial charge is 0.276 e. The van der Waals surface area contributed by atoms with Crippen molar-refractivity contribution in [3.05, 3.63) is 64.5 Å². The van der Waals surface area contributed by atoms with Crippen LogP contribution < -0.4 is 10.6 Å². The molecule has 194 valence electrons. The number of likely N-dealkylation sites (tertiary alicyclic amines) is 1. The van der Waals surface area contributed by atoms with Gasteiger partial charge in [-0.2, -0.15) is 4.98 Å². The topological polar surface area (TPSA) is 129 Å². The summed E-state index contributed by atoms with van der Waals surface area (Å²) in [7, 11) is 1.84. The number of hydrogen-bond donors (Lipinski definition) is 3. The molecule has 0 spiro atoms. The number of aromatic nitrogens is 2. The van der Waals surface area contributed by atoms with Crippen LogP contribution in [0, 0.1) is 5.41 Å². The molecule has 1 saturated heterocycles. The molecular weight excluding hydrogens is 506 g/mol. The van der Waals surface area contributed by atoms with Gasteiger partial charge in [-0.15, -0.1) is 0 Å². The Labute approximate surface area is 216 Å².